The molecule has 2 aromatic rings. The second-order valence-electron chi connectivity index (χ2n) is 6.92. The topological polar surface area (TPSA) is 117 Å². The fourth-order valence-corrected chi connectivity index (χ4v) is 3.43. The summed E-state index contributed by atoms with van der Waals surface area (Å²) < 4.78 is 26.1. The van der Waals surface area contributed by atoms with Gasteiger partial charge in [0.05, 0.1) is 28.4 Å². The molecule has 0 N–H and O–H groups in total. The molecule has 0 atom stereocenters. The van der Waals surface area contributed by atoms with Crippen molar-refractivity contribution >= 4 is 17.8 Å². The van der Waals surface area contributed by atoms with Gasteiger partial charge < -0.3 is 23.7 Å². The van der Waals surface area contributed by atoms with E-state index in [0.717, 1.165) is 0 Å². The Labute approximate surface area is 190 Å². The first-order valence-corrected chi connectivity index (χ1v) is 10.0. The van der Waals surface area contributed by atoms with Crippen molar-refractivity contribution in [1.82, 2.24) is 15.0 Å². The second kappa shape index (κ2) is 10.1. The maximum atomic E-state index is 13.4. The molecule has 1 aromatic heterocycles. The molecular formula is C22H25N3O8. The summed E-state index contributed by atoms with van der Waals surface area (Å²) >= 11 is 0. The summed E-state index contributed by atoms with van der Waals surface area (Å²) in [5, 5.41) is 2.68. The van der Waals surface area contributed by atoms with E-state index >= 15 is 0 Å². The summed E-state index contributed by atoms with van der Waals surface area (Å²) in [5.41, 5.74) is 0.387. The van der Waals surface area contributed by atoms with Crippen LogP contribution in [0.25, 0.3) is 0 Å². The van der Waals surface area contributed by atoms with Gasteiger partial charge in [-0.05, 0) is 24.6 Å². The number of hydrogen-bond acceptors (Lipinski definition) is 9. The quantitative estimate of drug-likeness (QED) is 0.452. The van der Waals surface area contributed by atoms with E-state index in [1.165, 1.54) is 63.6 Å². The summed E-state index contributed by atoms with van der Waals surface area (Å²) in [7, 11) is 5.61. The highest BCUT2D eigenvalue weighted by Crippen LogP contribution is 2.39. The molecule has 1 aliphatic heterocycles. The number of ether oxygens (including phenoxy) is 5. The lowest BCUT2D eigenvalue weighted by molar-refractivity contribution is -0.132. The number of amides is 2. The standard InChI is InChI=1S/C22H25N3O8/c1-13(26)33-19-16(29-2)11-14(12-17(19)30-3)21(27)24-9-6-10-25(24)22(28)15-7-8-18(31-4)23-20(15)32-5/h7-8,11-12H,6,9-10H2,1-5H3. The third-order valence-corrected chi connectivity index (χ3v) is 4.92. The molecule has 1 saturated heterocycles. The van der Waals surface area contributed by atoms with Crippen molar-refractivity contribution in [3.63, 3.8) is 0 Å². The maximum Gasteiger partial charge on any atom is 0.308 e. The van der Waals surface area contributed by atoms with Gasteiger partial charge in [0.1, 0.15) is 5.56 Å². The van der Waals surface area contributed by atoms with Crippen molar-refractivity contribution in [2.24, 2.45) is 0 Å². The Bertz CT molecular complexity index is 1050. The van der Waals surface area contributed by atoms with Crippen LogP contribution < -0.4 is 23.7 Å². The molecule has 0 spiro atoms. The maximum absolute atomic E-state index is 13.4. The number of rotatable bonds is 7. The lowest BCUT2D eigenvalue weighted by Crippen LogP contribution is -2.45. The van der Waals surface area contributed by atoms with Crippen molar-refractivity contribution < 1.29 is 38.1 Å². The highest BCUT2D eigenvalue weighted by Gasteiger charge is 2.34. The Hall–Kier alpha value is -4.02. The molecule has 33 heavy (non-hydrogen) atoms. The van der Waals surface area contributed by atoms with Gasteiger partial charge in [0.15, 0.2) is 11.5 Å². The average Bonchev–Trinajstić information content (AvgIpc) is 3.32. The normalized spacial score (nSPS) is 12.9. The Morgan fingerprint density at radius 2 is 1.45 bits per heavy atom. The van der Waals surface area contributed by atoms with E-state index in [9.17, 15) is 14.4 Å². The first-order valence-electron chi connectivity index (χ1n) is 10.0. The number of carbonyl (C=O) groups is 3. The zero-order valence-corrected chi connectivity index (χ0v) is 19.0. The van der Waals surface area contributed by atoms with Crippen LogP contribution in [-0.4, -0.2) is 74.3 Å². The van der Waals surface area contributed by atoms with Gasteiger partial charge in [-0.15, -0.1) is 0 Å². The third-order valence-electron chi connectivity index (χ3n) is 4.92. The molecule has 0 bridgehead atoms. The first kappa shape index (κ1) is 23.6. The molecule has 0 radical (unpaired) electrons. The molecule has 0 aliphatic carbocycles. The molecule has 2 heterocycles. The number of methoxy groups -OCH3 is 4. The summed E-state index contributed by atoms with van der Waals surface area (Å²) in [6.07, 6.45) is 0.586. The zero-order chi connectivity index (χ0) is 24.1. The van der Waals surface area contributed by atoms with Crippen LogP contribution in [-0.2, 0) is 4.79 Å². The van der Waals surface area contributed by atoms with E-state index < -0.39 is 17.8 Å². The number of aromatic nitrogens is 1. The van der Waals surface area contributed by atoms with Gasteiger partial charge in [-0.3, -0.25) is 14.4 Å². The minimum absolute atomic E-state index is 0.0625. The highest BCUT2D eigenvalue weighted by molar-refractivity contribution is 6.01. The molecule has 11 heteroatoms. The lowest BCUT2D eigenvalue weighted by Gasteiger charge is -2.28. The molecule has 11 nitrogen and oxygen atoms in total. The summed E-state index contributed by atoms with van der Waals surface area (Å²) in [6.45, 7) is 1.90. The van der Waals surface area contributed by atoms with E-state index in [1.807, 2.05) is 0 Å². The van der Waals surface area contributed by atoms with Gasteiger partial charge in [-0.1, -0.05) is 0 Å². The molecule has 0 unspecified atom stereocenters. The molecule has 1 aromatic carbocycles. The smallest absolute Gasteiger partial charge is 0.308 e. The number of hydrogen-bond donors (Lipinski definition) is 0. The molecule has 1 aliphatic rings. The predicted molar refractivity (Wildman–Crippen MR) is 115 cm³/mol. The predicted octanol–water partition coefficient (Wildman–Crippen LogP) is 1.94. The average molecular weight is 459 g/mol. The number of pyridine rings is 1. The first-order chi connectivity index (χ1) is 15.8. The van der Waals surface area contributed by atoms with Gasteiger partial charge in [0, 0.05) is 31.6 Å². The molecule has 1 fully saturated rings. The molecular weight excluding hydrogens is 434 g/mol. The number of carbonyl (C=O) groups excluding carboxylic acids is 3. The second-order valence-corrected chi connectivity index (χ2v) is 6.92. The van der Waals surface area contributed by atoms with E-state index in [1.54, 1.807) is 6.07 Å². The largest absolute Gasteiger partial charge is 0.493 e. The minimum atomic E-state index is -0.566. The number of benzene rings is 1. The fourth-order valence-electron chi connectivity index (χ4n) is 3.43. The summed E-state index contributed by atoms with van der Waals surface area (Å²) in [4.78, 5) is 42.2. The van der Waals surface area contributed by atoms with Crippen LogP contribution in [0.3, 0.4) is 0 Å². The highest BCUT2D eigenvalue weighted by atomic mass is 16.6. The molecule has 176 valence electrons. The Balaban J connectivity index is 1.94. The Morgan fingerprint density at radius 1 is 0.848 bits per heavy atom. The van der Waals surface area contributed by atoms with Crippen molar-refractivity contribution in [3.8, 4) is 29.0 Å². The van der Waals surface area contributed by atoms with Crippen LogP contribution in [0.1, 0.15) is 34.1 Å². The van der Waals surface area contributed by atoms with Crippen molar-refractivity contribution in [1.29, 1.82) is 0 Å². The third kappa shape index (κ3) is 4.76. The minimum Gasteiger partial charge on any atom is -0.493 e. The van der Waals surface area contributed by atoms with Crippen LogP contribution in [0.2, 0.25) is 0 Å². The van der Waals surface area contributed by atoms with E-state index in [0.29, 0.717) is 25.4 Å². The zero-order valence-electron chi connectivity index (χ0n) is 19.0. The number of nitrogens with zero attached hydrogens (tertiary/aromatic N) is 3. The van der Waals surface area contributed by atoms with E-state index in [2.05, 4.69) is 4.98 Å². The van der Waals surface area contributed by atoms with Crippen molar-refractivity contribution in [3.05, 3.63) is 35.4 Å². The Kier molecular flexibility index (Phi) is 7.21. The van der Waals surface area contributed by atoms with Crippen LogP contribution in [0, 0.1) is 0 Å². The summed E-state index contributed by atoms with van der Waals surface area (Å²) in [5.74, 6) is -0.721. The number of esters is 1. The van der Waals surface area contributed by atoms with Crippen LogP contribution >= 0.6 is 0 Å². The van der Waals surface area contributed by atoms with E-state index in [-0.39, 0.29) is 34.3 Å². The van der Waals surface area contributed by atoms with Crippen LogP contribution in [0.5, 0.6) is 29.0 Å². The molecule has 3 rings (SSSR count). The van der Waals surface area contributed by atoms with Gasteiger partial charge in [0.25, 0.3) is 11.8 Å². The van der Waals surface area contributed by atoms with Crippen molar-refractivity contribution in [2.75, 3.05) is 41.5 Å². The van der Waals surface area contributed by atoms with Gasteiger partial charge in [-0.25, -0.2) is 10.0 Å². The van der Waals surface area contributed by atoms with Gasteiger partial charge in [-0.2, -0.15) is 4.98 Å². The lowest BCUT2D eigenvalue weighted by atomic mass is 10.1. The fraction of sp³-hybridized carbons (Fsp3) is 0.364. The summed E-state index contributed by atoms with van der Waals surface area (Å²) in [6, 6.07) is 5.94. The monoisotopic (exact) mass is 459 g/mol. The Morgan fingerprint density at radius 3 is 1.97 bits per heavy atom. The van der Waals surface area contributed by atoms with Crippen molar-refractivity contribution in [2.45, 2.75) is 13.3 Å². The molecule has 2 amide bonds. The van der Waals surface area contributed by atoms with E-state index in [4.69, 9.17) is 23.7 Å². The molecule has 0 saturated carbocycles. The van der Waals surface area contributed by atoms with Gasteiger partial charge in [0.2, 0.25) is 17.5 Å². The van der Waals surface area contributed by atoms with Gasteiger partial charge >= 0.3 is 5.97 Å². The van der Waals surface area contributed by atoms with Crippen LogP contribution in [0.15, 0.2) is 24.3 Å². The SMILES string of the molecule is COc1ccc(C(=O)N2CCCN2C(=O)c2cc(OC)c(OC(C)=O)c(OC)c2)c(OC)n1. The number of hydrazine groups is 1. The van der Waals surface area contributed by atoms with Crippen LogP contribution in [0.4, 0.5) is 0 Å².